The van der Waals surface area contributed by atoms with Gasteiger partial charge < -0.3 is 9.64 Å². The average molecular weight is 342 g/mol. The standard InChI is InChI=1S/C19H19FN2O3/c20-15-6-8-16(9-7-15)25-17-12-21(13-17)19(23)22-18(10-11-24-22)14-4-2-1-3-5-14/h1-9,17-18H,10-13H2/t18-/m0/s1. The molecule has 2 saturated heterocycles. The predicted molar refractivity (Wildman–Crippen MR) is 89.4 cm³/mol. The first-order valence-corrected chi connectivity index (χ1v) is 8.39. The topological polar surface area (TPSA) is 42.0 Å². The maximum absolute atomic E-state index is 12.9. The Labute approximate surface area is 145 Å². The molecule has 2 amide bonds. The Hall–Kier alpha value is -2.60. The summed E-state index contributed by atoms with van der Waals surface area (Å²) in [5, 5.41) is 1.48. The van der Waals surface area contributed by atoms with Gasteiger partial charge in [0, 0.05) is 6.42 Å². The Morgan fingerprint density at radius 1 is 1.08 bits per heavy atom. The van der Waals surface area contributed by atoms with Crippen molar-refractivity contribution >= 4 is 6.03 Å². The van der Waals surface area contributed by atoms with Gasteiger partial charge in [0.25, 0.3) is 0 Å². The van der Waals surface area contributed by atoms with Gasteiger partial charge in [-0.05, 0) is 29.8 Å². The van der Waals surface area contributed by atoms with Crippen LogP contribution in [0.1, 0.15) is 18.0 Å². The molecular weight excluding hydrogens is 323 g/mol. The molecule has 0 N–H and O–H groups in total. The van der Waals surface area contributed by atoms with Crippen LogP contribution in [-0.4, -0.2) is 41.8 Å². The number of hydroxylamine groups is 2. The molecule has 0 saturated carbocycles. The third kappa shape index (κ3) is 3.30. The van der Waals surface area contributed by atoms with Gasteiger partial charge in [-0.15, -0.1) is 0 Å². The van der Waals surface area contributed by atoms with E-state index < -0.39 is 0 Å². The number of rotatable bonds is 3. The molecule has 4 rings (SSSR count). The number of halogens is 1. The summed E-state index contributed by atoms with van der Waals surface area (Å²) < 4.78 is 18.6. The number of hydrogen-bond donors (Lipinski definition) is 0. The Morgan fingerprint density at radius 2 is 1.80 bits per heavy atom. The van der Waals surface area contributed by atoms with Crippen LogP contribution in [0, 0.1) is 5.82 Å². The maximum Gasteiger partial charge on any atom is 0.344 e. The number of carbonyl (C=O) groups excluding carboxylic acids is 1. The van der Waals surface area contributed by atoms with Gasteiger partial charge in [0.05, 0.1) is 25.7 Å². The summed E-state index contributed by atoms with van der Waals surface area (Å²) in [5.41, 5.74) is 1.08. The molecule has 0 radical (unpaired) electrons. The first-order chi connectivity index (χ1) is 12.2. The molecule has 0 aliphatic carbocycles. The molecule has 2 aliphatic heterocycles. The van der Waals surface area contributed by atoms with Gasteiger partial charge in [-0.25, -0.2) is 9.18 Å². The van der Waals surface area contributed by atoms with Crippen molar-refractivity contribution in [2.75, 3.05) is 19.7 Å². The van der Waals surface area contributed by atoms with Gasteiger partial charge in [-0.1, -0.05) is 30.3 Å². The van der Waals surface area contributed by atoms with Crippen LogP contribution < -0.4 is 4.74 Å². The van der Waals surface area contributed by atoms with Gasteiger partial charge in [0.15, 0.2) is 0 Å². The summed E-state index contributed by atoms with van der Waals surface area (Å²) >= 11 is 0. The van der Waals surface area contributed by atoms with Crippen molar-refractivity contribution in [3.63, 3.8) is 0 Å². The van der Waals surface area contributed by atoms with Crippen LogP contribution in [0.5, 0.6) is 5.75 Å². The summed E-state index contributed by atoms with van der Waals surface area (Å²) in [6, 6.07) is 15.6. The highest BCUT2D eigenvalue weighted by atomic mass is 19.1. The maximum atomic E-state index is 12.9. The highest BCUT2D eigenvalue weighted by Gasteiger charge is 2.40. The zero-order valence-electron chi connectivity index (χ0n) is 13.7. The largest absolute Gasteiger partial charge is 0.487 e. The minimum absolute atomic E-state index is 0.0502. The predicted octanol–water partition coefficient (Wildman–Crippen LogP) is 3.39. The SMILES string of the molecule is O=C(N1CC(Oc2ccc(F)cc2)C1)N1OCC[C@H]1c1ccccc1. The normalized spacial score (nSPS) is 20.4. The van der Waals surface area contributed by atoms with E-state index in [9.17, 15) is 9.18 Å². The number of nitrogens with zero attached hydrogens (tertiary/aromatic N) is 2. The van der Waals surface area contributed by atoms with E-state index in [1.54, 1.807) is 17.0 Å². The van der Waals surface area contributed by atoms with Crippen molar-refractivity contribution in [1.82, 2.24) is 9.96 Å². The monoisotopic (exact) mass is 342 g/mol. The molecule has 0 aromatic heterocycles. The van der Waals surface area contributed by atoms with E-state index in [0.717, 1.165) is 12.0 Å². The number of hydrogen-bond acceptors (Lipinski definition) is 3. The van der Waals surface area contributed by atoms with Crippen molar-refractivity contribution < 1.29 is 18.8 Å². The summed E-state index contributed by atoms with van der Waals surface area (Å²) in [6.07, 6.45) is 0.714. The average Bonchev–Trinajstić information content (AvgIpc) is 3.09. The zero-order chi connectivity index (χ0) is 17.2. The van der Waals surface area contributed by atoms with Crippen LogP contribution in [0.25, 0.3) is 0 Å². The lowest BCUT2D eigenvalue weighted by Gasteiger charge is -2.41. The van der Waals surface area contributed by atoms with Crippen LogP contribution >= 0.6 is 0 Å². The van der Waals surface area contributed by atoms with Gasteiger partial charge in [0.1, 0.15) is 17.7 Å². The molecule has 1 atom stereocenters. The van der Waals surface area contributed by atoms with Gasteiger partial charge in [0.2, 0.25) is 0 Å². The highest BCUT2D eigenvalue weighted by Crippen LogP contribution is 2.32. The smallest absolute Gasteiger partial charge is 0.344 e. The van der Waals surface area contributed by atoms with E-state index in [1.807, 2.05) is 30.3 Å². The number of benzene rings is 2. The van der Waals surface area contributed by atoms with Crippen LogP contribution in [0.4, 0.5) is 9.18 Å². The Bertz CT molecular complexity index is 732. The molecule has 2 heterocycles. The van der Waals surface area contributed by atoms with Crippen LogP contribution in [0.2, 0.25) is 0 Å². The van der Waals surface area contributed by atoms with E-state index in [-0.39, 0.29) is 24.0 Å². The fraction of sp³-hybridized carbons (Fsp3) is 0.316. The lowest BCUT2D eigenvalue weighted by atomic mass is 10.0. The van der Waals surface area contributed by atoms with Crippen molar-refractivity contribution in [2.45, 2.75) is 18.6 Å². The lowest BCUT2D eigenvalue weighted by molar-refractivity contribution is -0.109. The third-order valence-electron chi connectivity index (χ3n) is 4.51. The van der Waals surface area contributed by atoms with Crippen molar-refractivity contribution in [2.24, 2.45) is 0 Å². The molecule has 0 spiro atoms. The Balaban J connectivity index is 1.34. The Morgan fingerprint density at radius 3 is 2.52 bits per heavy atom. The number of likely N-dealkylation sites (tertiary alicyclic amines) is 1. The van der Waals surface area contributed by atoms with Crippen molar-refractivity contribution in [3.8, 4) is 5.75 Å². The Kier molecular flexibility index (Phi) is 4.28. The molecule has 2 aromatic rings. The second kappa shape index (κ2) is 6.72. The number of urea groups is 1. The molecule has 2 aliphatic rings. The lowest BCUT2D eigenvalue weighted by Crippen LogP contribution is -2.59. The van der Waals surface area contributed by atoms with Crippen LogP contribution in [0.3, 0.4) is 0 Å². The molecular formula is C19H19FN2O3. The first-order valence-electron chi connectivity index (χ1n) is 8.39. The summed E-state index contributed by atoms with van der Waals surface area (Å²) in [6.45, 7) is 1.53. The summed E-state index contributed by atoms with van der Waals surface area (Å²) in [5.74, 6) is 0.314. The van der Waals surface area contributed by atoms with E-state index >= 15 is 0 Å². The minimum atomic E-state index is -0.295. The molecule has 5 nitrogen and oxygen atoms in total. The molecule has 25 heavy (non-hydrogen) atoms. The molecule has 130 valence electrons. The van der Waals surface area contributed by atoms with E-state index in [1.165, 1.54) is 17.2 Å². The summed E-state index contributed by atoms with van der Waals surface area (Å²) in [4.78, 5) is 19.9. The second-order valence-electron chi connectivity index (χ2n) is 6.26. The fourth-order valence-corrected chi connectivity index (χ4v) is 3.15. The van der Waals surface area contributed by atoms with Gasteiger partial charge in [-0.3, -0.25) is 4.84 Å². The van der Waals surface area contributed by atoms with E-state index in [0.29, 0.717) is 25.4 Å². The van der Waals surface area contributed by atoms with Gasteiger partial charge >= 0.3 is 6.03 Å². The third-order valence-corrected chi connectivity index (χ3v) is 4.51. The number of carbonyl (C=O) groups is 1. The van der Waals surface area contributed by atoms with Gasteiger partial charge in [-0.2, -0.15) is 5.06 Å². The fourth-order valence-electron chi connectivity index (χ4n) is 3.15. The number of amides is 2. The van der Waals surface area contributed by atoms with Crippen molar-refractivity contribution in [1.29, 1.82) is 0 Å². The molecule has 0 unspecified atom stereocenters. The second-order valence-corrected chi connectivity index (χ2v) is 6.26. The highest BCUT2D eigenvalue weighted by molar-refractivity contribution is 5.75. The molecule has 0 bridgehead atoms. The first kappa shape index (κ1) is 15.9. The quantitative estimate of drug-likeness (QED) is 0.859. The molecule has 2 fully saturated rings. The van der Waals surface area contributed by atoms with E-state index in [4.69, 9.17) is 9.57 Å². The van der Waals surface area contributed by atoms with Crippen LogP contribution in [0.15, 0.2) is 54.6 Å². The minimum Gasteiger partial charge on any atom is -0.487 e. The summed E-state index contributed by atoms with van der Waals surface area (Å²) in [7, 11) is 0. The van der Waals surface area contributed by atoms with Crippen molar-refractivity contribution in [3.05, 3.63) is 66.0 Å². The van der Waals surface area contributed by atoms with E-state index in [2.05, 4.69) is 0 Å². The molecule has 6 heteroatoms. The zero-order valence-corrected chi connectivity index (χ0v) is 13.7. The number of ether oxygens (including phenoxy) is 1. The molecule has 2 aromatic carbocycles. The van der Waals surface area contributed by atoms with Crippen LogP contribution in [-0.2, 0) is 4.84 Å².